The van der Waals surface area contributed by atoms with Gasteiger partial charge >= 0.3 is 0 Å². The maximum atomic E-state index is 3.25. The third-order valence-electron chi connectivity index (χ3n) is 0. The van der Waals surface area contributed by atoms with Crippen molar-refractivity contribution in [3.8, 4) is 0 Å². The number of rotatable bonds is 0. The molecular weight excluding hydrogens is 251 g/mol. The third kappa shape index (κ3) is 48.1. The molecule has 0 N–H and O–H groups in total. The number of hydrogen-bond donors (Lipinski definition) is 0. The molecule has 0 bridgehead atoms. The summed E-state index contributed by atoms with van der Waals surface area (Å²) >= 11 is 0. The minimum Gasteiger partial charge on any atom is -0.245 e. The molecule has 0 atom stereocenters. The molecule has 0 spiro atoms. The molecule has 0 unspecified atom stereocenters. The van der Waals surface area contributed by atoms with Gasteiger partial charge in [0, 0.05) is 40.8 Å². The molecule has 0 rings (SSSR count). The van der Waals surface area contributed by atoms with E-state index in [1.165, 1.54) is 6.08 Å². The van der Waals surface area contributed by atoms with Crippen molar-refractivity contribution in [1.82, 2.24) is 0 Å². The molecule has 0 saturated carbocycles. The molecule has 0 saturated heterocycles. The van der Waals surface area contributed by atoms with Crippen molar-refractivity contribution in [3.63, 3.8) is 0 Å². The summed E-state index contributed by atoms with van der Waals surface area (Å²) < 4.78 is 0. The van der Waals surface area contributed by atoms with Crippen LogP contribution in [0.15, 0.2) is 12.7 Å². The molecule has 0 fully saturated rings. The van der Waals surface area contributed by atoms with Crippen LogP contribution in [0.4, 0.5) is 0 Å². The summed E-state index contributed by atoms with van der Waals surface area (Å²) in [4.78, 5) is 0. The monoisotopic (exact) mass is 255 g/mol. The summed E-state index contributed by atoms with van der Waals surface area (Å²) in [6.45, 7) is 6.50. The zero-order valence-corrected chi connectivity index (χ0v) is 8.15. The molecule has 0 heterocycles. The van der Waals surface area contributed by atoms with Gasteiger partial charge in [-0.3, -0.25) is 0 Å². The first-order valence-corrected chi connectivity index (χ1v) is 0.816. The van der Waals surface area contributed by atoms with Crippen molar-refractivity contribution >= 4 is 24.8 Å². The molecule has 3 heteroatoms. The molecule has 0 aliphatic heterocycles. The van der Waals surface area contributed by atoms with Gasteiger partial charge in [0.05, 0.1) is 0 Å². The van der Waals surface area contributed by atoms with Crippen LogP contribution < -0.4 is 0 Å². The molecule has 0 aliphatic rings. The van der Waals surface area contributed by atoms with E-state index in [1.807, 2.05) is 0 Å². The van der Waals surface area contributed by atoms with Crippen molar-refractivity contribution in [2.45, 2.75) is 0 Å². The van der Waals surface area contributed by atoms with Crippen LogP contribution in [0.3, 0.4) is 0 Å². The second-order valence-corrected chi connectivity index (χ2v) is 0.289. The van der Waals surface area contributed by atoms with Gasteiger partial charge in [0.1, 0.15) is 0 Å². The van der Waals surface area contributed by atoms with E-state index in [9.17, 15) is 0 Å². The average molecular weight is 258 g/mol. The zero-order chi connectivity index (χ0) is 2.71. The van der Waals surface area contributed by atoms with Crippen LogP contribution >= 0.6 is 24.8 Å². The van der Waals surface area contributed by atoms with E-state index < -0.39 is 0 Å². The first-order valence-electron chi connectivity index (χ1n) is 0.816. The Labute approximate surface area is 84.1 Å². The maximum Gasteiger partial charge on any atom is 0 e. The van der Waals surface area contributed by atoms with E-state index in [4.69, 9.17) is 0 Å². The second-order valence-electron chi connectivity index (χ2n) is 0.289. The molecule has 0 aromatic carbocycles. The SMILES string of the molecule is C=C[CH2-].Cl.Cl.[Nd]. The largest absolute Gasteiger partial charge is 0.245 e. The van der Waals surface area contributed by atoms with E-state index in [0.717, 1.165) is 0 Å². The summed E-state index contributed by atoms with van der Waals surface area (Å²) in [6, 6.07) is 0. The van der Waals surface area contributed by atoms with Gasteiger partial charge in [-0.1, -0.05) is 0 Å². The second kappa shape index (κ2) is 31.1. The summed E-state index contributed by atoms with van der Waals surface area (Å²) in [5.74, 6) is 0. The maximum absolute atomic E-state index is 3.25. The van der Waals surface area contributed by atoms with Gasteiger partial charge in [-0.15, -0.1) is 24.8 Å². The first kappa shape index (κ1) is 25.7. The molecular formula is C3H7Cl2Nd-. The molecule has 6 heavy (non-hydrogen) atoms. The first-order chi connectivity index (χ1) is 1.41. The Morgan fingerprint density at radius 1 is 1.33 bits per heavy atom. The summed E-state index contributed by atoms with van der Waals surface area (Å²) in [7, 11) is 0. The van der Waals surface area contributed by atoms with Crippen molar-refractivity contribution in [3.05, 3.63) is 19.6 Å². The topological polar surface area (TPSA) is 0 Å². The third-order valence-corrected chi connectivity index (χ3v) is 0. The fourth-order valence-electron chi connectivity index (χ4n) is 0. The van der Waals surface area contributed by atoms with Crippen molar-refractivity contribution in [2.75, 3.05) is 0 Å². The van der Waals surface area contributed by atoms with Crippen LogP contribution in [0.2, 0.25) is 0 Å². The Bertz CT molecular complexity index is 16.3. The van der Waals surface area contributed by atoms with Gasteiger partial charge in [-0.05, 0) is 0 Å². The van der Waals surface area contributed by atoms with E-state index in [0.29, 0.717) is 0 Å². The van der Waals surface area contributed by atoms with Gasteiger partial charge in [0.15, 0.2) is 0 Å². The van der Waals surface area contributed by atoms with Crippen LogP contribution in [-0.2, 0) is 0 Å². The summed E-state index contributed by atoms with van der Waals surface area (Å²) in [6.07, 6.45) is 1.50. The van der Waals surface area contributed by atoms with E-state index in [2.05, 4.69) is 13.5 Å². The van der Waals surface area contributed by atoms with Gasteiger partial charge < -0.3 is 0 Å². The summed E-state index contributed by atoms with van der Waals surface area (Å²) in [5.41, 5.74) is 0. The van der Waals surface area contributed by atoms with Gasteiger partial charge in [-0.2, -0.15) is 0 Å². The van der Waals surface area contributed by atoms with Gasteiger partial charge in [0.2, 0.25) is 0 Å². The number of allylic oxidation sites excluding steroid dienone is 1. The fourth-order valence-corrected chi connectivity index (χ4v) is 0. The molecule has 0 nitrogen and oxygen atoms in total. The smallest absolute Gasteiger partial charge is 0 e. The summed E-state index contributed by atoms with van der Waals surface area (Å²) in [5, 5.41) is 0. The molecule has 0 radical (unpaired) electrons. The molecule has 38 valence electrons. The minimum atomic E-state index is 0. The predicted molar refractivity (Wildman–Crippen MR) is 30.0 cm³/mol. The Hall–Kier alpha value is 1.54. The van der Waals surface area contributed by atoms with E-state index >= 15 is 0 Å². The van der Waals surface area contributed by atoms with Crippen LogP contribution in [0, 0.1) is 47.8 Å². The zero-order valence-electron chi connectivity index (χ0n) is 3.31. The minimum absolute atomic E-state index is 0. The number of halogens is 2. The predicted octanol–water partition coefficient (Wildman–Crippen LogP) is 1.85. The van der Waals surface area contributed by atoms with Crippen molar-refractivity contribution < 1.29 is 40.8 Å². The fraction of sp³-hybridized carbons (Fsp3) is 0. The Balaban J connectivity index is -0.00000000667. The van der Waals surface area contributed by atoms with Crippen LogP contribution in [0.5, 0.6) is 0 Å². The average Bonchev–Trinajstić information content (AvgIpc) is 0.918. The van der Waals surface area contributed by atoms with Gasteiger partial charge in [0.25, 0.3) is 0 Å². The van der Waals surface area contributed by atoms with Crippen LogP contribution in [0.1, 0.15) is 0 Å². The van der Waals surface area contributed by atoms with E-state index in [-0.39, 0.29) is 65.7 Å². The van der Waals surface area contributed by atoms with Crippen molar-refractivity contribution in [2.24, 2.45) is 0 Å². The molecule has 0 aliphatic carbocycles. The van der Waals surface area contributed by atoms with Crippen LogP contribution in [0.25, 0.3) is 0 Å². The molecule has 0 aromatic rings. The Kier molecular flexibility index (Phi) is 133. The quantitative estimate of drug-likeness (QED) is 0.582. The normalized spacial score (nSPS) is 2.00. The van der Waals surface area contributed by atoms with Gasteiger partial charge in [-0.25, -0.2) is 19.6 Å². The molecule has 0 aromatic heterocycles. The Morgan fingerprint density at radius 3 is 1.33 bits per heavy atom. The van der Waals surface area contributed by atoms with E-state index in [1.54, 1.807) is 0 Å². The van der Waals surface area contributed by atoms with Crippen LogP contribution in [-0.4, -0.2) is 0 Å². The molecule has 0 amide bonds. The Morgan fingerprint density at radius 2 is 1.33 bits per heavy atom. The number of hydrogen-bond acceptors (Lipinski definition) is 0. The van der Waals surface area contributed by atoms with Crippen molar-refractivity contribution in [1.29, 1.82) is 0 Å². The standard InChI is InChI=1S/C3H5.2ClH.Nd/c1-3-2;;;/h3H,1-2H2;2*1H;/q-1;;;.